The Morgan fingerprint density at radius 3 is 1.47 bits per heavy atom. The van der Waals surface area contributed by atoms with Crippen LogP contribution in [0.25, 0.3) is 116 Å². The van der Waals surface area contributed by atoms with Crippen LogP contribution in [-0.4, -0.2) is 14.5 Å². The minimum Gasteiger partial charge on any atom is -0.309 e. The maximum absolute atomic E-state index is 5.34. The average Bonchev–Trinajstić information content (AvgIpc) is 3.66. The summed E-state index contributed by atoms with van der Waals surface area (Å²) < 4.78 is 2.51. The van der Waals surface area contributed by atoms with E-state index in [-0.39, 0.29) is 0 Å². The largest absolute Gasteiger partial charge is 0.309 e. The lowest BCUT2D eigenvalue weighted by Crippen LogP contribution is -1.98. The van der Waals surface area contributed by atoms with Crippen molar-refractivity contribution >= 4 is 65.2 Å². The number of hydrogen-bond donors (Lipinski definition) is 0. The third kappa shape index (κ3) is 5.22. The number of fused-ring (bicyclic) bond motifs is 9. The highest BCUT2D eigenvalue weighted by molar-refractivity contribution is 6.31. The van der Waals surface area contributed by atoms with Crippen LogP contribution in [-0.2, 0) is 0 Å². The molecule has 3 heteroatoms. The molecule has 0 fully saturated rings. The number of nitrogens with zero attached hydrogens (tertiary/aromatic N) is 3. The first kappa shape index (κ1) is 33.3. The van der Waals surface area contributed by atoms with Crippen LogP contribution >= 0.6 is 0 Å². The third-order valence-corrected chi connectivity index (χ3v) is 12.0. The maximum atomic E-state index is 5.34. The monoisotopic (exact) mass is 749 g/mol. The molecule has 0 spiro atoms. The normalized spacial score (nSPS) is 11.7. The highest BCUT2D eigenvalue weighted by Gasteiger charge is 2.23. The summed E-state index contributed by atoms with van der Waals surface area (Å²) in [7, 11) is 0. The number of aromatic nitrogens is 3. The number of hydrogen-bond acceptors (Lipinski definition) is 2. The van der Waals surface area contributed by atoms with Gasteiger partial charge in [-0.2, -0.15) is 0 Å². The van der Waals surface area contributed by atoms with E-state index < -0.39 is 0 Å². The summed E-state index contributed by atoms with van der Waals surface area (Å²) in [6.45, 7) is 0. The highest BCUT2D eigenvalue weighted by Crippen LogP contribution is 2.46. The summed E-state index contributed by atoms with van der Waals surface area (Å²) in [6, 6.07) is 76.3. The summed E-state index contributed by atoms with van der Waals surface area (Å²) in [6.07, 6.45) is 0. The molecule has 12 aromatic rings. The first-order chi connectivity index (χ1) is 29.3. The third-order valence-electron chi connectivity index (χ3n) is 12.0. The lowest BCUT2D eigenvalue weighted by molar-refractivity contribution is 1.20. The fourth-order valence-corrected chi connectivity index (χ4v) is 9.39. The van der Waals surface area contributed by atoms with Crippen molar-refractivity contribution in [1.29, 1.82) is 0 Å². The van der Waals surface area contributed by atoms with Crippen molar-refractivity contribution in [2.75, 3.05) is 0 Å². The minimum atomic E-state index is 0.872. The van der Waals surface area contributed by atoms with Crippen molar-refractivity contribution in [2.24, 2.45) is 0 Å². The second-order valence-electron chi connectivity index (χ2n) is 15.2. The van der Waals surface area contributed by atoms with Gasteiger partial charge < -0.3 is 4.57 Å². The van der Waals surface area contributed by atoms with Crippen LogP contribution in [0, 0.1) is 0 Å². The van der Waals surface area contributed by atoms with Crippen molar-refractivity contribution in [3.05, 3.63) is 212 Å². The van der Waals surface area contributed by atoms with Gasteiger partial charge in [0.1, 0.15) is 0 Å². The Kier molecular flexibility index (Phi) is 7.54. The molecule has 2 heterocycles. The van der Waals surface area contributed by atoms with E-state index in [1.807, 2.05) is 24.3 Å². The van der Waals surface area contributed by atoms with Crippen molar-refractivity contribution in [2.45, 2.75) is 0 Å². The molecule has 59 heavy (non-hydrogen) atoms. The molecular formula is C56H35N3. The molecule has 0 radical (unpaired) electrons. The van der Waals surface area contributed by atoms with E-state index in [2.05, 4.69) is 193 Å². The Bertz CT molecular complexity index is 3570. The van der Waals surface area contributed by atoms with E-state index in [1.54, 1.807) is 0 Å². The SMILES string of the molecule is c1ccc(-c2nc3ccccc3nc2-c2cccc3c(-n4c5ccc6c(-c7ccccc7)cccc6c5c5c6ccccc6c(-c6ccccc6)cc54)cccc23)cc1. The van der Waals surface area contributed by atoms with Crippen molar-refractivity contribution in [3.63, 3.8) is 0 Å². The molecule has 0 amide bonds. The van der Waals surface area contributed by atoms with Gasteiger partial charge in [0.05, 0.1) is 39.1 Å². The van der Waals surface area contributed by atoms with E-state index >= 15 is 0 Å². The van der Waals surface area contributed by atoms with E-state index in [0.29, 0.717) is 0 Å². The average molecular weight is 750 g/mol. The van der Waals surface area contributed by atoms with Gasteiger partial charge in [-0.25, -0.2) is 9.97 Å². The lowest BCUT2D eigenvalue weighted by atomic mass is 9.92. The molecule has 0 saturated carbocycles. The smallest absolute Gasteiger partial charge is 0.0979 e. The molecule has 0 aliphatic carbocycles. The number of rotatable bonds is 5. The molecule has 3 nitrogen and oxygen atoms in total. The molecule has 0 N–H and O–H groups in total. The highest BCUT2D eigenvalue weighted by atomic mass is 15.0. The zero-order valence-electron chi connectivity index (χ0n) is 32.0. The van der Waals surface area contributed by atoms with E-state index in [1.165, 1.54) is 65.6 Å². The summed E-state index contributed by atoms with van der Waals surface area (Å²) >= 11 is 0. The Morgan fingerprint density at radius 1 is 0.288 bits per heavy atom. The lowest BCUT2D eigenvalue weighted by Gasteiger charge is -2.16. The topological polar surface area (TPSA) is 30.7 Å². The molecule has 0 saturated heterocycles. The van der Waals surface area contributed by atoms with Gasteiger partial charge in [-0.15, -0.1) is 0 Å². The van der Waals surface area contributed by atoms with Crippen molar-refractivity contribution < 1.29 is 0 Å². The molecule has 12 rings (SSSR count). The summed E-state index contributed by atoms with van der Waals surface area (Å²) in [5.74, 6) is 0. The maximum Gasteiger partial charge on any atom is 0.0979 e. The number of benzene rings is 10. The van der Waals surface area contributed by atoms with Gasteiger partial charge in [0.15, 0.2) is 0 Å². The van der Waals surface area contributed by atoms with Gasteiger partial charge in [0, 0.05) is 27.3 Å². The Morgan fingerprint density at radius 2 is 0.763 bits per heavy atom. The van der Waals surface area contributed by atoms with Gasteiger partial charge >= 0.3 is 0 Å². The molecule has 274 valence electrons. The predicted octanol–water partition coefficient (Wildman–Crippen LogP) is 14.9. The van der Waals surface area contributed by atoms with Crippen molar-refractivity contribution in [1.82, 2.24) is 14.5 Å². The molecular weight excluding hydrogens is 715 g/mol. The predicted molar refractivity (Wildman–Crippen MR) is 248 cm³/mol. The van der Waals surface area contributed by atoms with Crippen LogP contribution in [0.15, 0.2) is 212 Å². The molecule has 2 aromatic heterocycles. The first-order valence-electron chi connectivity index (χ1n) is 20.2. The molecule has 0 unspecified atom stereocenters. The quantitative estimate of drug-likeness (QED) is 0.175. The van der Waals surface area contributed by atoms with Gasteiger partial charge in [-0.1, -0.05) is 182 Å². The molecule has 10 aromatic carbocycles. The van der Waals surface area contributed by atoms with Crippen LogP contribution in [0.4, 0.5) is 0 Å². The van der Waals surface area contributed by atoms with Gasteiger partial charge in [-0.05, 0) is 79.5 Å². The van der Waals surface area contributed by atoms with Crippen molar-refractivity contribution in [3.8, 4) is 50.5 Å². The summed E-state index contributed by atoms with van der Waals surface area (Å²) in [5.41, 5.74) is 13.9. The van der Waals surface area contributed by atoms with Gasteiger partial charge in [0.2, 0.25) is 0 Å². The Labute approximate surface area is 341 Å². The second-order valence-corrected chi connectivity index (χ2v) is 15.2. The summed E-state index contributed by atoms with van der Waals surface area (Å²) in [4.78, 5) is 10.6. The van der Waals surface area contributed by atoms with Crippen LogP contribution in [0.5, 0.6) is 0 Å². The zero-order chi connectivity index (χ0) is 38.9. The van der Waals surface area contributed by atoms with Crippen LogP contribution < -0.4 is 0 Å². The van der Waals surface area contributed by atoms with Crippen LogP contribution in [0.3, 0.4) is 0 Å². The van der Waals surface area contributed by atoms with E-state index in [0.717, 1.165) is 50.0 Å². The zero-order valence-corrected chi connectivity index (χ0v) is 32.0. The van der Waals surface area contributed by atoms with E-state index in [4.69, 9.17) is 9.97 Å². The molecule has 0 aliphatic rings. The minimum absolute atomic E-state index is 0.872. The van der Waals surface area contributed by atoms with Gasteiger partial charge in [0.25, 0.3) is 0 Å². The van der Waals surface area contributed by atoms with E-state index in [9.17, 15) is 0 Å². The molecule has 0 bridgehead atoms. The molecule has 0 atom stereocenters. The fourth-order valence-electron chi connectivity index (χ4n) is 9.39. The van der Waals surface area contributed by atoms with Crippen LogP contribution in [0.1, 0.15) is 0 Å². The van der Waals surface area contributed by atoms with Crippen LogP contribution in [0.2, 0.25) is 0 Å². The number of para-hydroxylation sites is 2. The standard InChI is InChI=1S/C56H35N3/c1-4-17-36(18-5-1)39-25-14-28-45-42(39)33-34-51-53(45)54-44-24-11-10-23-41(44)47(37-19-6-2-7-20-37)35-52(54)59(51)50-32-16-26-40-43(50)27-15-29-46(40)56-55(38-21-8-3-9-22-38)57-48-30-12-13-31-49(48)58-56/h1-35H. The fraction of sp³-hybridized carbons (Fsp3) is 0. The van der Waals surface area contributed by atoms with Gasteiger partial charge in [-0.3, -0.25) is 0 Å². The molecule has 0 aliphatic heterocycles. The Balaban J connectivity index is 1.21. The summed E-state index contributed by atoms with van der Waals surface area (Å²) in [5, 5.41) is 9.74. The first-order valence-corrected chi connectivity index (χ1v) is 20.2. The second kappa shape index (κ2) is 13.4. The Hall–Kier alpha value is -7.88.